The van der Waals surface area contributed by atoms with Gasteiger partial charge in [0.1, 0.15) is 30.0 Å². The fourth-order valence-corrected chi connectivity index (χ4v) is 7.02. The van der Waals surface area contributed by atoms with Gasteiger partial charge in [0, 0.05) is 36.0 Å². The molecular weight excluding hydrogens is 613 g/mol. The molecule has 1 aliphatic rings. The van der Waals surface area contributed by atoms with Gasteiger partial charge in [-0.3, -0.25) is 0 Å². The van der Waals surface area contributed by atoms with Crippen LogP contribution in [-0.4, -0.2) is 58.6 Å². The number of anilines is 1. The molecule has 3 aromatic carbocycles. The van der Waals surface area contributed by atoms with Gasteiger partial charge in [-0.2, -0.15) is 22.0 Å². The van der Waals surface area contributed by atoms with Crippen molar-refractivity contribution in [1.29, 1.82) is 0 Å². The van der Waals surface area contributed by atoms with Crippen molar-refractivity contribution in [2.24, 2.45) is 0 Å². The van der Waals surface area contributed by atoms with Crippen molar-refractivity contribution in [3.63, 3.8) is 0 Å². The fraction of sp³-hybridized carbons (Fsp3) is 0.471. The van der Waals surface area contributed by atoms with Crippen molar-refractivity contribution in [3.05, 3.63) is 83.4 Å². The number of rotatable bonds is 14. The molecular formula is C34H40F5NO4S+. The van der Waals surface area contributed by atoms with Gasteiger partial charge >= 0.3 is 12.1 Å². The molecule has 245 valence electrons. The summed E-state index contributed by atoms with van der Waals surface area (Å²) in [7, 11) is 1.82. The molecule has 0 saturated heterocycles. The van der Waals surface area contributed by atoms with Crippen LogP contribution in [0.5, 0.6) is 17.2 Å². The summed E-state index contributed by atoms with van der Waals surface area (Å²) in [5.74, 6) is -3.57. The van der Waals surface area contributed by atoms with Crippen molar-refractivity contribution in [2.45, 2.75) is 68.9 Å². The zero-order chi connectivity index (χ0) is 32.8. The Balaban J connectivity index is 1.27. The molecule has 0 aromatic heterocycles. The summed E-state index contributed by atoms with van der Waals surface area (Å²) < 4.78 is 81.3. The number of alkyl halides is 5. The van der Waals surface area contributed by atoms with Crippen molar-refractivity contribution in [3.8, 4) is 17.2 Å². The predicted molar refractivity (Wildman–Crippen MR) is 166 cm³/mol. The van der Waals surface area contributed by atoms with Crippen molar-refractivity contribution < 1.29 is 41.5 Å². The highest BCUT2D eigenvalue weighted by molar-refractivity contribution is 7.91. The Hall–Kier alpha value is -3.02. The molecule has 0 amide bonds. The zero-order valence-corrected chi connectivity index (χ0v) is 26.3. The number of phenols is 2. The first-order chi connectivity index (χ1) is 21.2. The first kappa shape index (κ1) is 34.8. The quantitative estimate of drug-likeness (QED) is 0.0799. The van der Waals surface area contributed by atoms with Crippen LogP contribution < -0.4 is 9.64 Å². The lowest BCUT2D eigenvalue weighted by atomic mass is 9.66. The Morgan fingerprint density at radius 2 is 1.58 bits per heavy atom. The number of fused-ring (bicyclic) bond motifs is 1. The molecule has 2 N–H and O–H groups in total. The van der Waals surface area contributed by atoms with Gasteiger partial charge < -0.3 is 19.5 Å². The molecule has 1 aliphatic heterocycles. The highest BCUT2D eigenvalue weighted by Gasteiger charge is 2.56. The Labute approximate surface area is 264 Å². The number of aromatic hydroxyl groups is 2. The molecule has 5 nitrogen and oxygen atoms in total. The van der Waals surface area contributed by atoms with E-state index in [1.807, 2.05) is 54.4 Å². The van der Waals surface area contributed by atoms with E-state index in [2.05, 4.69) is 6.92 Å². The number of unbranched alkanes of at least 4 members (excludes halogenated alkanes) is 1. The normalized spacial score (nSPS) is 19.3. The maximum absolute atomic E-state index is 13.1. The number of nitrogens with zero attached hydrogens (tertiary/aromatic N) is 1. The Morgan fingerprint density at radius 3 is 2.24 bits per heavy atom. The smallest absolute Gasteiger partial charge is 0.453 e. The lowest BCUT2D eigenvalue weighted by molar-refractivity contribution is -0.284. The van der Waals surface area contributed by atoms with Crippen LogP contribution in [0.25, 0.3) is 0 Å². The minimum absolute atomic E-state index is 0.147. The zero-order valence-electron chi connectivity index (χ0n) is 25.5. The van der Waals surface area contributed by atoms with E-state index < -0.39 is 36.1 Å². The largest absolute Gasteiger partial charge is 0.616 e. The van der Waals surface area contributed by atoms with E-state index in [1.54, 1.807) is 24.3 Å². The molecule has 1 heterocycles. The first-order valence-electron chi connectivity index (χ1n) is 15.0. The summed E-state index contributed by atoms with van der Waals surface area (Å²) in [6, 6.07) is 20.5. The molecule has 3 unspecified atom stereocenters. The van der Waals surface area contributed by atoms with E-state index in [-0.39, 0.29) is 34.3 Å². The number of benzene rings is 3. The fourth-order valence-electron chi connectivity index (χ4n) is 5.87. The van der Waals surface area contributed by atoms with Gasteiger partial charge in [0.15, 0.2) is 18.0 Å². The number of hydrogen-bond donors (Lipinski definition) is 2. The molecule has 0 fully saturated rings. The molecule has 0 saturated carbocycles. The number of halogens is 5. The molecule has 0 bridgehead atoms. The number of aryl methyl sites for hydroxylation is 1. The first-order valence-corrected chi connectivity index (χ1v) is 16.5. The number of phenolic OH excluding ortho intramolecular Hbond substituents is 2. The molecule has 45 heavy (non-hydrogen) atoms. The summed E-state index contributed by atoms with van der Waals surface area (Å²) in [4.78, 5) is 1.89. The Morgan fingerprint density at radius 1 is 0.911 bits per heavy atom. The average Bonchev–Trinajstić information content (AvgIpc) is 2.99. The van der Waals surface area contributed by atoms with Gasteiger partial charge in [0.2, 0.25) is 0 Å². The van der Waals surface area contributed by atoms with Gasteiger partial charge in [-0.15, -0.1) is 4.90 Å². The standard InChI is InChI=1S/C34H40F5NO4S/c1-32(25-10-14-27(41)15-11-25)23-44-31-22-28(42)16-17-29(31)30(32)7-4-3-6-24-8-12-26(13-9-24)40(2)19-21-45(43)20-5-18-33(35,36)34(37,38)39/h8-17,22,30,41-42H,3-7,18-21,23H2,1-2H3/q+1. The van der Waals surface area contributed by atoms with E-state index in [1.165, 1.54) is 5.56 Å². The van der Waals surface area contributed by atoms with Crippen LogP contribution >= 0.6 is 0 Å². The highest BCUT2D eigenvalue weighted by atomic mass is 32.2. The Kier molecular flexibility index (Phi) is 11.3. The summed E-state index contributed by atoms with van der Waals surface area (Å²) in [6.45, 7) is 3.01. The molecule has 0 spiro atoms. The van der Waals surface area contributed by atoms with Gasteiger partial charge in [0.25, 0.3) is 0 Å². The van der Waals surface area contributed by atoms with Crippen LogP contribution in [-0.2, 0) is 23.0 Å². The number of hydrogen-bond acceptors (Lipinski definition) is 5. The monoisotopic (exact) mass is 653 g/mol. The molecule has 4 rings (SSSR count). The third-order valence-electron chi connectivity index (χ3n) is 8.71. The van der Waals surface area contributed by atoms with Crippen molar-refractivity contribution >= 4 is 16.9 Å². The highest BCUT2D eigenvalue weighted by Crippen LogP contribution is 2.49. The van der Waals surface area contributed by atoms with Crippen LogP contribution in [0.1, 0.15) is 61.6 Å². The minimum Gasteiger partial charge on any atom is -0.616 e. The van der Waals surface area contributed by atoms with Crippen LogP contribution in [0.3, 0.4) is 0 Å². The maximum Gasteiger partial charge on any atom is 0.453 e. The molecule has 3 aromatic rings. The molecule has 1 radical (unpaired) electrons. The average molecular weight is 654 g/mol. The van der Waals surface area contributed by atoms with Crippen molar-refractivity contribution in [2.75, 3.05) is 31.7 Å². The second-order valence-corrected chi connectivity index (χ2v) is 13.7. The number of ether oxygens (including phenoxy) is 1. The SMILES string of the molecule is C[N+](CC[S+]([O-])CCCC(F)(F)C(F)(F)F)c1ccc(CCCCC2c3ccc(O)cc3OCC2(C)c2ccc(O)cc2)cc1. The second-order valence-electron chi connectivity index (χ2n) is 12.0. The second kappa shape index (κ2) is 14.6. The van der Waals surface area contributed by atoms with Crippen LogP contribution in [0, 0.1) is 0 Å². The summed E-state index contributed by atoms with van der Waals surface area (Å²) in [5, 5.41) is 19.8. The van der Waals surface area contributed by atoms with E-state index >= 15 is 0 Å². The van der Waals surface area contributed by atoms with Gasteiger partial charge in [-0.05, 0) is 71.7 Å². The minimum atomic E-state index is -5.58. The molecule has 0 aliphatic carbocycles. The topological polar surface area (TPSA) is 78.7 Å². The molecule has 3 atom stereocenters. The van der Waals surface area contributed by atoms with Gasteiger partial charge in [-0.1, -0.05) is 43.7 Å². The van der Waals surface area contributed by atoms with E-state index in [0.29, 0.717) is 18.9 Å². The lowest BCUT2D eigenvalue weighted by Gasteiger charge is -2.43. The summed E-state index contributed by atoms with van der Waals surface area (Å²) in [6.07, 6.45) is -3.70. The predicted octanol–water partition coefficient (Wildman–Crippen LogP) is 8.07. The molecule has 11 heteroatoms. The van der Waals surface area contributed by atoms with Crippen LogP contribution in [0.4, 0.5) is 27.6 Å². The lowest BCUT2D eigenvalue weighted by Crippen LogP contribution is -2.40. The Bertz CT molecular complexity index is 1390. The maximum atomic E-state index is 13.1. The van der Waals surface area contributed by atoms with Crippen LogP contribution in [0.2, 0.25) is 0 Å². The van der Waals surface area contributed by atoms with Gasteiger partial charge in [0.05, 0.1) is 6.61 Å². The van der Waals surface area contributed by atoms with E-state index in [9.17, 15) is 36.7 Å². The van der Waals surface area contributed by atoms with Crippen molar-refractivity contribution in [1.82, 2.24) is 4.90 Å². The third-order valence-corrected chi connectivity index (χ3v) is 10.1. The summed E-state index contributed by atoms with van der Waals surface area (Å²) in [5.41, 5.74) is 3.88. The van der Waals surface area contributed by atoms with E-state index in [0.717, 1.165) is 42.5 Å². The van der Waals surface area contributed by atoms with Crippen LogP contribution in [0.15, 0.2) is 66.7 Å². The third kappa shape index (κ3) is 8.83. The van der Waals surface area contributed by atoms with E-state index in [4.69, 9.17) is 4.74 Å². The van der Waals surface area contributed by atoms with Gasteiger partial charge in [-0.25, -0.2) is 0 Å². The summed E-state index contributed by atoms with van der Waals surface area (Å²) >= 11 is -1.50.